The first-order chi connectivity index (χ1) is 16.0. The number of nitrogens with two attached hydrogens (primary N) is 1. The molecule has 0 radical (unpaired) electrons. The summed E-state index contributed by atoms with van der Waals surface area (Å²) in [6.07, 6.45) is 2.77. The Kier molecular flexibility index (Phi) is 8.17. The summed E-state index contributed by atoms with van der Waals surface area (Å²) in [5, 5.41) is 2.75. The summed E-state index contributed by atoms with van der Waals surface area (Å²) < 4.78 is 10.5. The number of nitrogens with zero attached hydrogens (tertiary/aromatic N) is 2. The quantitative estimate of drug-likeness (QED) is 0.582. The number of carbonyl (C=O) groups excluding carboxylic acids is 3. The molecule has 3 N–H and O–H groups in total. The van der Waals surface area contributed by atoms with Crippen molar-refractivity contribution in [1.29, 1.82) is 0 Å². The normalized spacial score (nSPS) is 22.8. The molecule has 2 amide bonds. The standard InChI is InChI=1S/C25H38N4O5/c1-6-33-23(31)20(26)13-27-22(30)18-10-16(11-18)12-19-8-7-17-9-15(2)14-29(21(17)28-19)24(32)34-25(3,4)5/h7-8,15-16,18,20H,6,9-14,26H2,1-5H3,(H,27,30)/t15-,16-,18-,20+/m1/s1. The largest absolute Gasteiger partial charge is 0.465 e. The van der Waals surface area contributed by atoms with Crippen LogP contribution in [-0.2, 0) is 31.9 Å². The predicted molar refractivity (Wildman–Crippen MR) is 128 cm³/mol. The lowest BCUT2D eigenvalue weighted by Gasteiger charge is -2.35. The van der Waals surface area contributed by atoms with Gasteiger partial charge in [-0.25, -0.2) is 9.78 Å². The van der Waals surface area contributed by atoms with Gasteiger partial charge in [0.2, 0.25) is 5.91 Å². The second-order valence-corrected chi connectivity index (χ2v) is 10.5. The number of nitrogens with one attached hydrogen (secondary N) is 1. The Balaban J connectivity index is 1.55. The van der Waals surface area contributed by atoms with E-state index in [9.17, 15) is 14.4 Å². The fraction of sp³-hybridized carbons (Fsp3) is 0.680. The first-order valence-electron chi connectivity index (χ1n) is 12.2. The molecule has 1 aromatic rings. The highest BCUT2D eigenvalue weighted by Crippen LogP contribution is 2.37. The van der Waals surface area contributed by atoms with E-state index in [0.717, 1.165) is 36.9 Å². The van der Waals surface area contributed by atoms with Gasteiger partial charge in [0.1, 0.15) is 17.5 Å². The van der Waals surface area contributed by atoms with E-state index in [1.165, 1.54) is 0 Å². The van der Waals surface area contributed by atoms with Crippen molar-refractivity contribution in [3.05, 3.63) is 23.4 Å². The Morgan fingerprint density at radius 2 is 1.97 bits per heavy atom. The molecule has 0 aromatic carbocycles. The van der Waals surface area contributed by atoms with Gasteiger partial charge in [0.05, 0.1) is 6.61 Å². The van der Waals surface area contributed by atoms with Crippen molar-refractivity contribution in [2.75, 3.05) is 24.6 Å². The Hall–Kier alpha value is -2.68. The van der Waals surface area contributed by atoms with E-state index in [-0.39, 0.29) is 31.1 Å². The summed E-state index contributed by atoms with van der Waals surface area (Å²) >= 11 is 0. The van der Waals surface area contributed by atoms with Gasteiger partial charge in [-0.05, 0) is 76.8 Å². The second kappa shape index (κ2) is 10.7. The van der Waals surface area contributed by atoms with Gasteiger partial charge in [0.25, 0.3) is 0 Å². The first-order valence-corrected chi connectivity index (χ1v) is 12.2. The molecule has 3 rings (SSSR count). The lowest BCUT2D eigenvalue weighted by Crippen LogP contribution is -2.47. The number of hydrogen-bond donors (Lipinski definition) is 2. The van der Waals surface area contributed by atoms with Gasteiger partial charge < -0.3 is 20.5 Å². The fourth-order valence-electron chi connectivity index (χ4n) is 4.44. The Labute approximate surface area is 201 Å². The number of ether oxygens (including phenoxy) is 2. The molecular formula is C25H38N4O5. The van der Waals surface area contributed by atoms with Crippen LogP contribution in [0.5, 0.6) is 0 Å². The van der Waals surface area contributed by atoms with Crippen molar-refractivity contribution in [3.63, 3.8) is 0 Å². The number of pyridine rings is 1. The number of carbonyl (C=O) groups is 3. The van der Waals surface area contributed by atoms with Crippen LogP contribution in [0, 0.1) is 17.8 Å². The zero-order chi connectivity index (χ0) is 25.0. The highest BCUT2D eigenvalue weighted by molar-refractivity contribution is 5.88. The van der Waals surface area contributed by atoms with Crippen LogP contribution in [0.2, 0.25) is 0 Å². The van der Waals surface area contributed by atoms with E-state index in [1.54, 1.807) is 11.8 Å². The van der Waals surface area contributed by atoms with Crippen LogP contribution in [-0.4, -0.2) is 54.3 Å². The van der Waals surface area contributed by atoms with E-state index in [4.69, 9.17) is 20.2 Å². The van der Waals surface area contributed by atoms with Gasteiger partial charge in [0.15, 0.2) is 0 Å². The molecule has 1 aliphatic carbocycles. The highest BCUT2D eigenvalue weighted by Gasteiger charge is 2.36. The van der Waals surface area contributed by atoms with Crippen molar-refractivity contribution in [1.82, 2.24) is 10.3 Å². The zero-order valence-electron chi connectivity index (χ0n) is 20.9. The molecule has 9 heteroatoms. The van der Waals surface area contributed by atoms with Crippen LogP contribution in [0.15, 0.2) is 12.1 Å². The first kappa shape index (κ1) is 25.9. The van der Waals surface area contributed by atoms with E-state index >= 15 is 0 Å². The average Bonchev–Trinajstić information content (AvgIpc) is 2.72. The molecule has 188 valence electrons. The van der Waals surface area contributed by atoms with Crippen LogP contribution >= 0.6 is 0 Å². The molecule has 0 saturated heterocycles. The number of rotatable bonds is 7. The van der Waals surface area contributed by atoms with Crippen LogP contribution < -0.4 is 16.0 Å². The number of aromatic nitrogens is 1. The van der Waals surface area contributed by atoms with E-state index < -0.39 is 17.6 Å². The lowest BCUT2D eigenvalue weighted by atomic mass is 9.72. The van der Waals surface area contributed by atoms with E-state index in [2.05, 4.69) is 18.3 Å². The molecular weight excluding hydrogens is 436 g/mol. The number of esters is 1. The number of fused-ring (bicyclic) bond motifs is 1. The third-order valence-corrected chi connectivity index (χ3v) is 6.14. The van der Waals surface area contributed by atoms with Crippen LogP contribution in [0.3, 0.4) is 0 Å². The molecule has 1 saturated carbocycles. The summed E-state index contributed by atoms with van der Waals surface area (Å²) in [7, 11) is 0. The Bertz CT molecular complexity index is 907. The molecule has 9 nitrogen and oxygen atoms in total. The minimum Gasteiger partial charge on any atom is -0.465 e. The molecule has 0 spiro atoms. The summed E-state index contributed by atoms with van der Waals surface area (Å²) in [5.74, 6) is 0.678. The minimum absolute atomic E-state index is 0.0735. The van der Waals surface area contributed by atoms with Crippen molar-refractivity contribution in [2.45, 2.75) is 71.9 Å². The van der Waals surface area contributed by atoms with E-state index in [0.29, 0.717) is 24.2 Å². The van der Waals surface area contributed by atoms with Crippen LogP contribution in [0.1, 0.15) is 58.7 Å². The molecule has 2 aliphatic rings. The van der Waals surface area contributed by atoms with Gasteiger partial charge >= 0.3 is 12.1 Å². The van der Waals surface area contributed by atoms with E-state index in [1.807, 2.05) is 26.8 Å². The van der Waals surface area contributed by atoms with Gasteiger partial charge in [-0.1, -0.05) is 13.0 Å². The summed E-state index contributed by atoms with van der Waals surface area (Å²) in [6.45, 7) is 10.3. The monoisotopic (exact) mass is 474 g/mol. The molecule has 1 fully saturated rings. The fourth-order valence-corrected chi connectivity index (χ4v) is 4.44. The SMILES string of the molecule is CCOC(=O)[C@@H](N)CNC(=O)[C@H]1C[C@H](Cc2ccc3c(n2)N(C(=O)OC(C)(C)C)C[C@H](C)C3)C1. The molecule has 1 aromatic heterocycles. The smallest absolute Gasteiger partial charge is 0.416 e. The molecule has 0 bridgehead atoms. The Morgan fingerprint density at radius 1 is 1.26 bits per heavy atom. The minimum atomic E-state index is -0.852. The predicted octanol–water partition coefficient (Wildman–Crippen LogP) is 2.59. The summed E-state index contributed by atoms with van der Waals surface area (Å²) in [4.78, 5) is 43.2. The topological polar surface area (TPSA) is 124 Å². The van der Waals surface area contributed by atoms with Crippen molar-refractivity contribution < 1.29 is 23.9 Å². The van der Waals surface area contributed by atoms with Crippen molar-refractivity contribution in [3.8, 4) is 0 Å². The maximum Gasteiger partial charge on any atom is 0.416 e. The summed E-state index contributed by atoms with van der Waals surface area (Å²) in [5.41, 5.74) is 7.13. The molecule has 2 heterocycles. The molecule has 34 heavy (non-hydrogen) atoms. The maximum absolute atomic E-state index is 12.8. The second-order valence-electron chi connectivity index (χ2n) is 10.5. The maximum atomic E-state index is 12.8. The van der Waals surface area contributed by atoms with Gasteiger partial charge in [-0.2, -0.15) is 0 Å². The number of anilines is 1. The zero-order valence-corrected chi connectivity index (χ0v) is 20.9. The molecule has 2 atom stereocenters. The lowest BCUT2D eigenvalue weighted by molar-refractivity contribution is -0.144. The summed E-state index contributed by atoms with van der Waals surface area (Å²) in [6, 6.07) is 3.23. The van der Waals surface area contributed by atoms with Crippen molar-refractivity contribution >= 4 is 23.8 Å². The molecule has 1 aliphatic heterocycles. The van der Waals surface area contributed by atoms with Crippen LogP contribution in [0.4, 0.5) is 10.6 Å². The Morgan fingerprint density at radius 3 is 2.62 bits per heavy atom. The van der Waals surface area contributed by atoms with Gasteiger partial charge in [-0.15, -0.1) is 0 Å². The highest BCUT2D eigenvalue weighted by atomic mass is 16.6. The molecule has 0 unspecified atom stereocenters. The number of amides is 2. The third-order valence-electron chi connectivity index (χ3n) is 6.14. The third kappa shape index (κ3) is 6.68. The van der Waals surface area contributed by atoms with Crippen LogP contribution in [0.25, 0.3) is 0 Å². The van der Waals surface area contributed by atoms with Gasteiger partial charge in [-0.3, -0.25) is 14.5 Å². The van der Waals surface area contributed by atoms with Crippen molar-refractivity contribution in [2.24, 2.45) is 23.5 Å². The van der Waals surface area contributed by atoms with Gasteiger partial charge in [0, 0.05) is 24.7 Å². The average molecular weight is 475 g/mol. The number of hydrogen-bond acceptors (Lipinski definition) is 7.